The lowest BCUT2D eigenvalue weighted by molar-refractivity contribution is 0.0983. The second-order valence-corrected chi connectivity index (χ2v) is 11.6. The Kier molecular flexibility index (Phi) is 8.50. The first-order valence-electron chi connectivity index (χ1n) is 11.8. The van der Waals surface area contributed by atoms with Crippen molar-refractivity contribution in [1.82, 2.24) is 0 Å². The van der Waals surface area contributed by atoms with Crippen LogP contribution in [0.2, 0.25) is 0 Å². The van der Waals surface area contributed by atoms with Crippen LogP contribution < -0.4 is 10.2 Å². The van der Waals surface area contributed by atoms with Crippen LogP contribution >= 0.6 is 30.4 Å². The number of halogens is 1. The van der Waals surface area contributed by atoms with E-state index in [-0.39, 0.29) is 11.8 Å². The first-order valence-corrected chi connectivity index (χ1v) is 14.3. The summed E-state index contributed by atoms with van der Waals surface area (Å²) in [5.41, 5.74) is 4.57. The largest absolute Gasteiger partial charge is 0.472 e. The molecule has 0 spiro atoms. The van der Waals surface area contributed by atoms with Crippen LogP contribution in [0.1, 0.15) is 56.4 Å². The number of benzene rings is 3. The fraction of sp³-hybridized carbons (Fsp3) is 0.259. The molecule has 0 fully saturated rings. The molecule has 3 aromatic carbocycles. The normalized spacial score (nSPS) is 16.9. The fourth-order valence-corrected chi connectivity index (χ4v) is 5.56. The van der Waals surface area contributed by atoms with E-state index in [0.717, 1.165) is 21.8 Å². The molecule has 2 unspecified atom stereocenters. The standard InChI is InChI=1S/C27H28IN2O6P/c1-17-7-4-5-8-21(17)26(31)29-20-11-12-22(18(2)15-20)27(32)30-14-6-9-25(36-37(33,34)35-3)23-16-19(28)10-13-24(23)30/h4-5,7-8,10-13,15-16,25H,6,9,14H2,1-3H3,(H,29,31)(H,33,34). The van der Waals surface area contributed by atoms with Crippen LogP contribution in [0.5, 0.6) is 0 Å². The molecular formula is C27H28IN2O6P. The highest BCUT2D eigenvalue weighted by molar-refractivity contribution is 14.1. The second-order valence-electron chi connectivity index (χ2n) is 8.85. The maximum Gasteiger partial charge on any atom is 0.472 e. The Morgan fingerprint density at radius 3 is 2.51 bits per heavy atom. The minimum absolute atomic E-state index is 0.198. The molecule has 1 heterocycles. The summed E-state index contributed by atoms with van der Waals surface area (Å²) in [4.78, 5) is 38.1. The highest BCUT2D eigenvalue weighted by atomic mass is 127. The lowest BCUT2D eigenvalue weighted by atomic mass is 10.0. The number of carbonyl (C=O) groups excluding carboxylic acids is 2. The number of anilines is 2. The highest BCUT2D eigenvalue weighted by Crippen LogP contribution is 2.50. The van der Waals surface area contributed by atoms with Gasteiger partial charge in [-0.05, 0) is 103 Å². The molecule has 8 nitrogen and oxygen atoms in total. The number of phosphoric ester groups is 1. The van der Waals surface area contributed by atoms with Crippen LogP contribution in [0.3, 0.4) is 0 Å². The molecule has 0 aromatic heterocycles. The Labute approximate surface area is 229 Å². The van der Waals surface area contributed by atoms with Gasteiger partial charge in [-0.1, -0.05) is 18.2 Å². The Morgan fingerprint density at radius 1 is 1.05 bits per heavy atom. The van der Waals surface area contributed by atoms with Crippen LogP contribution in [0.25, 0.3) is 0 Å². The number of nitrogens with zero attached hydrogens (tertiary/aromatic N) is 1. The molecular weight excluding hydrogens is 606 g/mol. The average Bonchev–Trinajstić information content (AvgIpc) is 3.03. The number of fused-ring (bicyclic) bond motifs is 1. The zero-order valence-electron chi connectivity index (χ0n) is 20.7. The van der Waals surface area contributed by atoms with Crippen molar-refractivity contribution in [2.45, 2.75) is 32.8 Å². The SMILES string of the molecule is COP(=O)(O)OC1CCCN(C(=O)c2ccc(NC(=O)c3ccccc3C)cc2C)c2ccc(I)cc21. The number of rotatable bonds is 6. The topological polar surface area (TPSA) is 105 Å². The molecule has 0 bridgehead atoms. The molecule has 3 aromatic rings. The van der Waals surface area contributed by atoms with Crippen molar-refractivity contribution in [3.63, 3.8) is 0 Å². The summed E-state index contributed by atoms with van der Waals surface area (Å²) < 4.78 is 23.2. The van der Waals surface area contributed by atoms with Gasteiger partial charge in [-0.2, -0.15) is 0 Å². The van der Waals surface area contributed by atoms with Gasteiger partial charge in [0.25, 0.3) is 11.8 Å². The van der Waals surface area contributed by atoms with E-state index >= 15 is 0 Å². The van der Waals surface area contributed by atoms with Crippen molar-refractivity contribution >= 4 is 53.6 Å². The third-order valence-corrected chi connectivity index (χ3v) is 7.97. The average molecular weight is 634 g/mol. The van der Waals surface area contributed by atoms with E-state index in [1.807, 2.05) is 50.2 Å². The lowest BCUT2D eigenvalue weighted by Crippen LogP contribution is -2.32. The number of amides is 2. The molecule has 2 N–H and O–H groups in total. The van der Waals surface area contributed by atoms with E-state index < -0.39 is 13.9 Å². The Bertz CT molecular complexity index is 1400. The van der Waals surface area contributed by atoms with Crippen molar-refractivity contribution in [2.75, 3.05) is 23.9 Å². The van der Waals surface area contributed by atoms with Gasteiger partial charge < -0.3 is 15.1 Å². The van der Waals surface area contributed by atoms with E-state index in [4.69, 9.17) is 4.52 Å². The van der Waals surface area contributed by atoms with Crippen LogP contribution in [-0.2, 0) is 13.6 Å². The van der Waals surface area contributed by atoms with Gasteiger partial charge in [0.2, 0.25) is 0 Å². The summed E-state index contributed by atoms with van der Waals surface area (Å²) in [5, 5.41) is 2.91. The molecule has 1 aliphatic rings. The van der Waals surface area contributed by atoms with Gasteiger partial charge in [0.15, 0.2) is 0 Å². The molecule has 194 valence electrons. The predicted octanol–water partition coefficient (Wildman–Crippen LogP) is 6.41. The number of carbonyl (C=O) groups is 2. The minimum Gasteiger partial charge on any atom is -0.322 e. The molecule has 1 aliphatic heterocycles. The molecule has 0 saturated heterocycles. The first-order chi connectivity index (χ1) is 17.6. The van der Waals surface area contributed by atoms with E-state index in [0.29, 0.717) is 47.5 Å². The number of phosphoric acid groups is 1. The van der Waals surface area contributed by atoms with Gasteiger partial charge in [0, 0.05) is 45.3 Å². The zero-order valence-corrected chi connectivity index (χ0v) is 23.8. The number of aryl methyl sites for hydroxylation is 2. The summed E-state index contributed by atoms with van der Waals surface area (Å²) in [6, 6.07) is 18.1. The smallest absolute Gasteiger partial charge is 0.322 e. The van der Waals surface area contributed by atoms with Gasteiger partial charge in [-0.3, -0.25) is 18.6 Å². The highest BCUT2D eigenvalue weighted by Gasteiger charge is 2.33. The molecule has 4 rings (SSSR count). The summed E-state index contributed by atoms with van der Waals surface area (Å²) in [6.07, 6.45) is 0.321. The number of nitrogens with one attached hydrogen (secondary N) is 1. The molecule has 0 saturated carbocycles. The van der Waals surface area contributed by atoms with Crippen LogP contribution in [-0.4, -0.2) is 30.4 Å². The zero-order chi connectivity index (χ0) is 26.7. The van der Waals surface area contributed by atoms with Gasteiger partial charge in [-0.15, -0.1) is 0 Å². The summed E-state index contributed by atoms with van der Waals surface area (Å²) in [5.74, 6) is -0.410. The summed E-state index contributed by atoms with van der Waals surface area (Å²) in [6.45, 7) is 4.13. The van der Waals surface area contributed by atoms with Crippen LogP contribution in [0, 0.1) is 17.4 Å². The van der Waals surface area contributed by atoms with Crippen molar-refractivity contribution in [3.05, 3.63) is 92.1 Å². The maximum absolute atomic E-state index is 13.7. The van der Waals surface area contributed by atoms with Crippen LogP contribution in [0.15, 0.2) is 60.7 Å². The molecule has 0 aliphatic carbocycles. The minimum atomic E-state index is -4.22. The van der Waals surface area contributed by atoms with Crippen molar-refractivity contribution in [2.24, 2.45) is 0 Å². The maximum atomic E-state index is 13.7. The van der Waals surface area contributed by atoms with Gasteiger partial charge in [0.05, 0.1) is 6.10 Å². The van der Waals surface area contributed by atoms with Crippen molar-refractivity contribution < 1.29 is 28.1 Å². The first kappa shape index (κ1) is 27.5. The Balaban J connectivity index is 1.61. The van der Waals surface area contributed by atoms with Crippen LogP contribution in [0.4, 0.5) is 11.4 Å². The van der Waals surface area contributed by atoms with Gasteiger partial charge in [0.1, 0.15) is 0 Å². The fourth-order valence-electron chi connectivity index (χ4n) is 4.42. The molecule has 10 heteroatoms. The third kappa shape index (κ3) is 6.30. The van der Waals surface area contributed by atoms with E-state index in [1.165, 1.54) is 0 Å². The second kappa shape index (κ2) is 11.4. The summed E-state index contributed by atoms with van der Waals surface area (Å²) >= 11 is 2.16. The molecule has 2 atom stereocenters. The number of hydrogen-bond acceptors (Lipinski definition) is 5. The monoisotopic (exact) mass is 634 g/mol. The van der Waals surface area contributed by atoms with E-state index in [2.05, 4.69) is 32.4 Å². The third-order valence-electron chi connectivity index (χ3n) is 6.32. The molecule has 2 amide bonds. The van der Waals surface area contributed by atoms with Crippen molar-refractivity contribution in [1.29, 1.82) is 0 Å². The Hall–Kier alpha value is -2.56. The summed E-state index contributed by atoms with van der Waals surface area (Å²) in [7, 11) is -3.10. The lowest BCUT2D eigenvalue weighted by Gasteiger charge is -2.25. The van der Waals surface area contributed by atoms with Gasteiger partial charge in [-0.25, -0.2) is 4.57 Å². The van der Waals surface area contributed by atoms with Gasteiger partial charge >= 0.3 is 7.82 Å². The van der Waals surface area contributed by atoms with E-state index in [1.54, 1.807) is 29.2 Å². The quantitative estimate of drug-likeness (QED) is 0.240. The number of hydrogen-bond donors (Lipinski definition) is 2. The van der Waals surface area contributed by atoms with Crippen molar-refractivity contribution in [3.8, 4) is 0 Å². The Morgan fingerprint density at radius 2 is 1.81 bits per heavy atom. The predicted molar refractivity (Wildman–Crippen MR) is 151 cm³/mol. The molecule has 0 radical (unpaired) electrons. The van der Waals surface area contributed by atoms with E-state index in [9.17, 15) is 19.0 Å². The molecule has 37 heavy (non-hydrogen) atoms.